The minimum Gasteiger partial charge on any atom is -0.348 e. The Bertz CT molecular complexity index is 749. The summed E-state index contributed by atoms with van der Waals surface area (Å²) in [4.78, 5) is 13.3. The molecule has 1 aliphatic carbocycles. The van der Waals surface area contributed by atoms with Gasteiger partial charge in [-0.25, -0.2) is 0 Å². The van der Waals surface area contributed by atoms with E-state index in [0.29, 0.717) is 11.5 Å². The van der Waals surface area contributed by atoms with Gasteiger partial charge in [-0.3, -0.25) is 4.79 Å². The first-order valence-electron chi connectivity index (χ1n) is 10.6. The quantitative estimate of drug-likeness (QED) is 0.837. The van der Waals surface area contributed by atoms with Crippen LogP contribution in [0.4, 0.5) is 0 Å². The molecule has 1 atom stereocenters. The molecule has 2 N–H and O–H groups in total. The summed E-state index contributed by atoms with van der Waals surface area (Å²) < 4.78 is 0. The highest BCUT2D eigenvalue weighted by atomic mass is 16.2. The van der Waals surface area contributed by atoms with E-state index in [1.165, 1.54) is 36.8 Å². The SMILES string of the molecule is CC(C)C1CCC(C2NC(=O)C3(CCNCC3)c3ccc(C#N)cc32)CC1. The first-order valence-corrected chi connectivity index (χ1v) is 10.6. The minimum absolute atomic E-state index is 0.0643. The van der Waals surface area contributed by atoms with Gasteiger partial charge >= 0.3 is 0 Å². The second-order valence-corrected chi connectivity index (χ2v) is 9.12. The average molecular weight is 366 g/mol. The van der Waals surface area contributed by atoms with E-state index in [2.05, 4.69) is 42.7 Å². The smallest absolute Gasteiger partial charge is 0.231 e. The summed E-state index contributed by atoms with van der Waals surface area (Å²) in [5.41, 5.74) is 2.68. The zero-order valence-corrected chi connectivity index (χ0v) is 16.6. The molecule has 4 nitrogen and oxygen atoms in total. The van der Waals surface area contributed by atoms with Crippen molar-refractivity contribution in [3.05, 3.63) is 34.9 Å². The standard InChI is InChI=1S/C23H31N3O/c1-15(2)17-4-6-18(7-5-17)21-19-13-16(14-24)3-8-20(19)23(22(27)26-21)9-11-25-12-10-23/h3,8,13,15,17-18,21,25H,4-7,9-12H2,1-2H3,(H,26,27). The Labute approximate surface area is 162 Å². The molecule has 2 fully saturated rings. The van der Waals surface area contributed by atoms with Crippen molar-refractivity contribution in [2.45, 2.75) is 63.8 Å². The normalized spacial score (nSPS) is 29.9. The molecule has 1 aromatic carbocycles. The third-order valence-electron chi connectivity index (χ3n) is 7.44. The Hall–Kier alpha value is -1.86. The Balaban J connectivity index is 1.69. The van der Waals surface area contributed by atoms with E-state index in [4.69, 9.17) is 0 Å². The monoisotopic (exact) mass is 365 g/mol. The topological polar surface area (TPSA) is 64.9 Å². The van der Waals surface area contributed by atoms with Crippen LogP contribution in [-0.4, -0.2) is 19.0 Å². The highest BCUT2D eigenvalue weighted by molar-refractivity contribution is 5.91. The highest BCUT2D eigenvalue weighted by Crippen LogP contribution is 2.47. The number of fused-ring (bicyclic) bond motifs is 2. The van der Waals surface area contributed by atoms with Crippen molar-refractivity contribution in [2.24, 2.45) is 17.8 Å². The number of amides is 1. The zero-order valence-electron chi connectivity index (χ0n) is 16.6. The maximum absolute atomic E-state index is 13.3. The van der Waals surface area contributed by atoms with Crippen LogP contribution in [-0.2, 0) is 10.2 Å². The van der Waals surface area contributed by atoms with Gasteiger partial charge in [0, 0.05) is 0 Å². The molecule has 0 aromatic heterocycles. The number of piperidine rings is 1. The van der Waals surface area contributed by atoms with E-state index in [0.717, 1.165) is 37.8 Å². The fraction of sp³-hybridized carbons (Fsp3) is 0.652. The van der Waals surface area contributed by atoms with E-state index in [9.17, 15) is 10.1 Å². The first-order chi connectivity index (χ1) is 13.0. The Morgan fingerprint density at radius 2 is 1.85 bits per heavy atom. The summed E-state index contributed by atoms with van der Waals surface area (Å²) >= 11 is 0. The summed E-state index contributed by atoms with van der Waals surface area (Å²) in [6.07, 6.45) is 6.50. The van der Waals surface area contributed by atoms with Crippen molar-refractivity contribution in [3.63, 3.8) is 0 Å². The lowest BCUT2D eigenvalue weighted by Gasteiger charge is -2.46. The Morgan fingerprint density at radius 3 is 2.48 bits per heavy atom. The van der Waals surface area contributed by atoms with Crippen LogP contribution in [0.3, 0.4) is 0 Å². The van der Waals surface area contributed by atoms with Crippen LogP contribution >= 0.6 is 0 Å². The molecule has 4 heteroatoms. The molecule has 1 spiro atoms. The van der Waals surface area contributed by atoms with Gasteiger partial charge in [-0.2, -0.15) is 5.26 Å². The molecule has 2 heterocycles. The van der Waals surface area contributed by atoms with Crippen LogP contribution in [0.5, 0.6) is 0 Å². The fourth-order valence-electron chi connectivity index (χ4n) is 5.67. The van der Waals surface area contributed by atoms with E-state index in [1.54, 1.807) is 0 Å². The molecule has 27 heavy (non-hydrogen) atoms. The van der Waals surface area contributed by atoms with Gasteiger partial charge in [0.2, 0.25) is 5.91 Å². The van der Waals surface area contributed by atoms with Gasteiger partial charge in [-0.1, -0.05) is 19.9 Å². The lowest BCUT2D eigenvalue weighted by Crippen LogP contribution is -2.56. The molecule has 144 valence electrons. The number of nitrogens with zero attached hydrogens (tertiary/aromatic N) is 1. The van der Waals surface area contributed by atoms with Crippen LogP contribution in [0, 0.1) is 29.1 Å². The second-order valence-electron chi connectivity index (χ2n) is 9.12. The van der Waals surface area contributed by atoms with Gasteiger partial charge in [-0.15, -0.1) is 0 Å². The summed E-state index contributed by atoms with van der Waals surface area (Å²) in [6.45, 7) is 6.39. The number of carbonyl (C=O) groups is 1. The molecule has 1 aromatic rings. The van der Waals surface area contributed by atoms with Crippen molar-refractivity contribution in [2.75, 3.05) is 13.1 Å². The largest absolute Gasteiger partial charge is 0.348 e. The van der Waals surface area contributed by atoms with Crippen LogP contribution in [0.15, 0.2) is 18.2 Å². The van der Waals surface area contributed by atoms with E-state index >= 15 is 0 Å². The number of nitriles is 1. The summed E-state index contributed by atoms with van der Waals surface area (Å²) in [5.74, 6) is 2.23. The maximum Gasteiger partial charge on any atom is 0.231 e. The molecule has 1 unspecified atom stereocenters. The predicted molar refractivity (Wildman–Crippen MR) is 106 cm³/mol. The van der Waals surface area contributed by atoms with Crippen LogP contribution < -0.4 is 10.6 Å². The second kappa shape index (κ2) is 7.28. The molecule has 4 rings (SSSR count). The van der Waals surface area contributed by atoms with Crippen molar-refractivity contribution in [3.8, 4) is 6.07 Å². The lowest BCUT2D eigenvalue weighted by atomic mass is 9.64. The van der Waals surface area contributed by atoms with Crippen LogP contribution in [0.1, 0.15) is 75.1 Å². The molecule has 1 saturated carbocycles. The lowest BCUT2D eigenvalue weighted by molar-refractivity contribution is -0.130. The molecular weight excluding hydrogens is 334 g/mol. The average Bonchev–Trinajstić information content (AvgIpc) is 2.71. The highest BCUT2D eigenvalue weighted by Gasteiger charge is 2.48. The summed E-state index contributed by atoms with van der Waals surface area (Å²) in [6, 6.07) is 8.39. The molecular formula is C23H31N3O. The van der Waals surface area contributed by atoms with Crippen molar-refractivity contribution in [1.82, 2.24) is 10.6 Å². The Kier molecular flexibility index (Phi) is 4.99. The van der Waals surface area contributed by atoms with E-state index in [-0.39, 0.29) is 11.9 Å². The maximum atomic E-state index is 13.3. The van der Waals surface area contributed by atoms with Gasteiger partial charge in [0.15, 0.2) is 0 Å². The van der Waals surface area contributed by atoms with Gasteiger partial charge in [0.1, 0.15) is 0 Å². The number of benzene rings is 1. The number of carbonyl (C=O) groups excluding carboxylic acids is 1. The number of hydrogen-bond acceptors (Lipinski definition) is 3. The molecule has 0 radical (unpaired) electrons. The van der Waals surface area contributed by atoms with Gasteiger partial charge < -0.3 is 10.6 Å². The summed E-state index contributed by atoms with van der Waals surface area (Å²) in [7, 11) is 0. The summed E-state index contributed by atoms with van der Waals surface area (Å²) in [5, 5.41) is 16.2. The van der Waals surface area contributed by atoms with Crippen LogP contribution in [0.2, 0.25) is 0 Å². The third-order valence-corrected chi connectivity index (χ3v) is 7.44. The van der Waals surface area contributed by atoms with Crippen molar-refractivity contribution >= 4 is 5.91 Å². The van der Waals surface area contributed by atoms with E-state index in [1.807, 2.05) is 6.07 Å². The molecule has 1 saturated heterocycles. The zero-order chi connectivity index (χ0) is 19.0. The molecule has 2 aliphatic heterocycles. The fourth-order valence-corrected chi connectivity index (χ4v) is 5.67. The molecule has 3 aliphatic rings. The molecule has 1 amide bonds. The molecule has 0 bridgehead atoms. The first kappa shape index (κ1) is 18.5. The Morgan fingerprint density at radius 1 is 1.15 bits per heavy atom. The van der Waals surface area contributed by atoms with Crippen molar-refractivity contribution < 1.29 is 4.79 Å². The van der Waals surface area contributed by atoms with Crippen LogP contribution in [0.25, 0.3) is 0 Å². The van der Waals surface area contributed by atoms with Gasteiger partial charge in [-0.05, 0) is 92.6 Å². The predicted octanol–water partition coefficient (Wildman–Crippen LogP) is 3.81. The number of nitrogens with one attached hydrogen (secondary N) is 2. The van der Waals surface area contributed by atoms with E-state index < -0.39 is 5.41 Å². The number of rotatable bonds is 2. The number of hydrogen-bond donors (Lipinski definition) is 2. The minimum atomic E-state index is -0.416. The van der Waals surface area contributed by atoms with Gasteiger partial charge in [0.05, 0.1) is 23.1 Å². The van der Waals surface area contributed by atoms with Crippen molar-refractivity contribution in [1.29, 1.82) is 5.26 Å². The van der Waals surface area contributed by atoms with Gasteiger partial charge in [0.25, 0.3) is 0 Å². The third kappa shape index (κ3) is 3.17.